The van der Waals surface area contributed by atoms with Crippen molar-refractivity contribution in [2.24, 2.45) is 0 Å². The van der Waals surface area contributed by atoms with Crippen LogP contribution in [0.25, 0.3) is 28.3 Å². The lowest BCUT2D eigenvalue weighted by atomic mass is 10.1. The lowest BCUT2D eigenvalue weighted by Gasteiger charge is -2.08. The SMILES string of the molecule is CS(=O)(=O)c1ccc(-n2nc(C(F)F)cc2-c2ccc(-c3ccco3)cc2)cn1. The third kappa shape index (κ3) is 3.81. The fraction of sp³-hybridized carbons (Fsp3) is 0.100. The average molecular weight is 415 g/mol. The number of nitrogens with zero attached hydrogens (tertiary/aromatic N) is 3. The highest BCUT2D eigenvalue weighted by molar-refractivity contribution is 7.90. The van der Waals surface area contributed by atoms with Crippen LogP contribution in [0.3, 0.4) is 0 Å². The van der Waals surface area contributed by atoms with Crippen molar-refractivity contribution >= 4 is 9.84 Å². The Morgan fingerprint density at radius 1 is 1.03 bits per heavy atom. The summed E-state index contributed by atoms with van der Waals surface area (Å²) < 4.78 is 56.4. The molecular formula is C20H15F2N3O3S. The summed E-state index contributed by atoms with van der Waals surface area (Å²) in [5.41, 5.74) is 1.92. The molecule has 0 aliphatic carbocycles. The summed E-state index contributed by atoms with van der Waals surface area (Å²) in [7, 11) is -3.47. The minimum absolute atomic E-state index is 0.105. The van der Waals surface area contributed by atoms with E-state index in [0.717, 1.165) is 11.8 Å². The lowest BCUT2D eigenvalue weighted by molar-refractivity contribution is 0.145. The third-order valence-electron chi connectivity index (χ3n) is 4.28. The summed E-state index contributed by atoms with van der Waals surface area (Å²) in [4.78, 5) is 3.91. The van der Waals surface area contributed by atoms with E-state index in [0.29, 0.717) is 22.7 Å². The van der Waals surface area contributed by atoms with E-state index in [4.69, 9.17) is 4.42 Å². The van der Waals surface area contributed by atoms with Gasteiger partial charge in [-0.1, -0.05) is 24.3 Å². The summed E-state index contributed by atoms with van der Waals surface area (Å²) in [6, 6.07) is 14.9. The largest absolute Gasteiger partial charge is 0.464 e. The molecule has 29 heavy (non-hydrogen) atoms. The van der Waals surface area contributed by atoms with Gasteiger partial charge in [0.25, 0.3) is 6.43 Å². The first-order valence-electron chi connectivity index (χ1n) is 8.52. The molecule has 0 saturated heterocycles. The van der Waals surface area contributed by atoms with E-state index in [1.54, 1.807) is 24.5 Å². The maximum Gasteiger partial charge on any atom is 0.282 e. The Bertz CT molecular complexity index is 1230. The molecule has 0 aliphatic heterocycles. The highest BCUT2D eigenvalue weighted by Gasteiger charge is 2.19. The number of hydrogen-bond donors (Lipinski definition) is 0. The summed E-state index contributed by atoms with van der Waals surface area (Å²) in [6.45, 7) is 0. The number of benzene rings is 1. The fourth-order valence-electron chi connectivity index (χ4n) is 2.87. The van der Waals surface area contributed by atoms with Crippen LogP contribution >= 0.6 is 0 Å². The van der Waals surface area contributed by atoms with E-state index >= 15 is 0 Å². The van der Waals surface area contributed by atoms with E-state index in [9.17, 15) is 17.2 Å². The van der Waals surface area contributed by atoms with Crippen molar-refractivity contribution in [2.45, 2.75) is 11.5 Å². The third-order valence-corrected chi connectivity index (χ3v) is 5.28. The second-order valence-corrected chi connectivity index (χ2v) is 8.31. The molecule has 0 unspecified atom stereocenters. The molecule has 0 radical (unpaired) electrons. The van der Waals surface area contributed by atoms with Crippen molar-refractivity contribution in [3.05, 3.63) is 72.8 Å². The summed E-state index contributed by atoms with van der Waals surface area (Å²) in [5.74, 6) is 0.693. The minimum atomic E-state index is -3.47. The Hall–Kier alpha value is -3.33. The van der Waals surface area contributed by atoms with Crippen molar-refractivity contribution in [3.8, 4) is 28.3 Å². The van der Waals surface area contributed by atoms with Crippen molar-refractivity contribution in [1.82, 2.24) is 14.8 Å². The molecule has 4 aromatic rings. The molecule has 4 rings (SSSR count). The van der Waals surface area contributed by atoms with Crippen molar-refractivity contribution in [1.29, 1.82) is 0 Å². The van der Waals surface area contributed by atoms with Gasteiger partial charge >= 0.3 is 0 Å². The van der Waals surface area contributed by atoms with Gasteiger partial charge in [0, 0.05) is 17.4 Å². The smallest absolute Gasteiger partial charge is 0.282 e. The van der Waals surface area contributed by atoms with Gasteiger partial charge in [-0.2, -0.15) is 5.10 Å². The molecule has 3 aromatic heterocycles. The van der Waals surface area contributed by atoms with Crippen LogP contribution in [-0.4, -0.2) is 29.4 Å². The number of alkyl halides is 2. The van der Waals surface area contributed by atoms with E-state index in [-0.39, 0.29) is 10.7 Å². The van der Waals surface area contributed by atoms with Crippen LogP contribution in [0.5, 0.6) is 0 Å². The van der Waals surface area contributed by atoms with Crippen LogP contribution in [0, 0.1) is 0 Å². The molecule has 148 valence electrons. The highest BCUT2D eigenvalue weighted by atomic mass is 32.2. The van der Waals surface area contributed by atoms with Crippen LogP contribution in [0.15, 0.2) is 76.5 Å². The van der Waals surface area contributed by atoms with Gasteiger partial charge in [-0.3, -0.25) is 0 Å². The molecule has 9 heteroatoms. The molecule has 0 aliphatic rings. The zero-order chi connectivity index (χ0) is 20.6. The van der Waals surface area contributed by atoms with Crippen LogP contribution < -0.4 is 0 Å². The summed E-state index contributed by atoms with van der Waals surface area (Å²) >= 11 is 0. The predicted molar refractivity (Wildman–Crippen MR) is 103 cm³/mol. The molecule has 0 bridgehead atoms. The number of sulfone groups is 1. The molecule has 1 aromatic carbocycles. The molecule has 0 saturated carbocycles. The number of furan rings is 1. The fourth-order valence-corrected chi connectivity index (χ4v) is 3.43. The Morgan fingerprint density at radius 2 is 1.76 bits per heavy atom. The van der Waals surface area contributed by atoms with Gasteiger partial charge in [-0.15, -0.1) is 0 Å². The standard InChI is InChI=1S/C20H15F2N3O3S/c1-29(26,27)19-9-8-15(12-23-19)25-17(11-16(24-25)20(21)22)13-4-6-14(7-5-13)18-3-2-10-28-18/h2-12,20H,1H3. The van der Waals surface area contributed by atoms with Crippen LogP contribution in [0.1, 0.15) is 12.1 Å². The van der Waals surface area contributed by atoms with E-state index < -0.39 is 16.3 Å². The van der Waals surface area contributed by atoms with Gasteiger partial charge in [0.15, 0.2) is 14.9 Å². The van der Waals surface area contributed by atoms with Crippen LogP contribution in [0.4, 0.5) is 8.78 Å². The first kappa shape index (κ1) is 19.0. The highest BCUT2D eigenvalue weighted by Crippen LogP contribution is 2.30. The number of pyridine rings is 1. The molecule has 3 heterocycles. The van der Waals surface area contributed by atoms with E-state index in [1.807, 2.05) is 18.2 Å². The Morgan fingerprint density at radius 3 is 2.31 bits per heavy atom. The summed E-state index contributed by atoms with van der Waals surface area (Å²) in [6.07, 6.45) is 1.16. The minimum Gasteiger partial charge on any atom is -0.464 e. The zero-order valence-electron chi connectivity index (χ0n) is 15.2. The number of rotatable bonds is 5. The second-order valence-electron chi connectivity index (χ2n) is 6.35. The van der Waals surface area contributed by atoms with Gasteiger partial charge in [0.2, 0.25) is 0 Å². The first-order chi connectivity index (χ1) is 13.8. The molecule has 0 spiro atoms. The van der Waals surface area contributed by atoms with E-state index in [2.05, 4.69) is 10.1 Å². The quantitative estimate of drug-likeness (QED) is 0.478. The van der Waals surface area contributed by atoms with Crippen LogP contribution in [0.2, 0.25) is 0 Å². The van der Waals surface area contributed by atoms with Gasteiger partial charge in [-0.05, 0) is 30.3 Å². The van der Waals surface area contributed by atoms with E-state index in [1.165, 1.54) is 29.1 Å². The molecule has 0 amide bonds. The van der Waals surface area contributed by atoms with Crippen molar-refractivity contribution in [2.75, 3.05) is 6.26 Å². The molecule has 0 fully saturated rings. The normalized spacial score (nSPS) is 11.9. The van der Waals surface area contributed by atoms with Gasteiger partial charge in [0.1, 0.15) is 11.5 Å². The van der Waals surface area contributed by atoms with Gasteiger partial charge < -0.3 is 4.42 Å². The molecular weight excluding hydrogens is 400 g/mol. The maximum absolute atomic E-state index is 13.3. The van der Waals surface area contributed by atoms with Crippen molar-refractivity contribution < 1.29 is 21.6 Å². The zero-order valence-corrected chi connectivity index (χ0v) is 16.0. The van der Waals surface area contributed by atoms with Crippen LogP contribution in [-0.2, 0) is 9.84 Å². The Kier molecular flexibility index (Phi) is 4.75. The van der Waals surface area contributed by atoms with Gasteiger partial charge in [-0.25, -0.2) is 26.9 Å². The predicted octanol–water partition coefficient (Wildman–Crippen LogP) is 4.54. The number of hydrogen-bond acceptors (Lipinski definition) is 5. The number of halogens is 2. The second kappa shape index (κ2) is 7.25. The average Bonchev–Trinajstić information content (AvgIpc) is 3.38. The first-order valence-corrected chi connectivity index (χ1v) is 10.4. The Labute approximate surface area is 165 Å². The molecule has 0 N–H and O–H groups in total. The number of aromatic nitrogens is 3. The maximum atomic E-state index is 13.3. The molecule has 0 atom stereocenters. The summed E-state index contributed by atoms with van der Waals surface area (Å²) in [5, 5.41) is 3.87. The Balaban J connectivity index is 1.77. The monoisotopic (exact) mass is 415 g/mol. The van der Waals surface area contributed by atoms with Gasteiger partial charge in [0.05, 0.1) is 23.8 Å². The van der Waals surface area contributed by atoms with Crippen molar-refractivity contribution in [3.63, 3.8) is 0 Å². The molecule has 6 nitrogen and oxygen atoms in total. The lowest BCUT2D eigenvalue weighted by Crippen LogP contribution is -2.04. The topological polar surface area (TPSA) is 78.0 Å².